The molecule has 4 rings (SSSR count). The number of nitrogens with zero attached hydrogens (tertiary/aromatic N) is 1. The number of hydrogen-bond acceptors (Lipinski definition) is 7. The molecule has 8 nitrogen and oxygen atoms in total. The molecule has 3 aromatic rings. The summed E-state index contributed by atoms with van der Waals surface area (Å²) in [5.74, 6) is 1.42. The third-order valence-corrected chi connectivity index (χ3v) is 5.64. The van der Waals surface area contributed by atoms with Gasteiger partial charge < -0.3 is 24.8 Å². The molecule has 0 unspecified atom stereocenters. The molecule has 0 atom stereocenters. The van der Waals surface area contributed by atoms with Crippen LogP contribution in [0.1, 0.15) is 30.1 Å². The van der Waals surface area contributed by atoms with E-state index in [2.05, 4.69) is 22.5 Å². The lowest BCUT2D eigenvalue weighted by atomic mass is 10.1. The van der Waals surface area contributed by atoms with E-state index in [9.17, 15) is 9.59 Å². The molecule has 2 amide bonds. The van der Waals surface area contributed by atoms with Crippen LogP contribution in [0.2, 0.25) is 0 Å². The van der Waals surface area contributed by atoms with Gasteiger partial charge in [0.05, 0.1) is 18.8 Å². The van der Waals surface area contributed by atoms with Crippen molar-refractivity contribution in [3.63, 3.8) is 0 Å². The van der Waals surface area contributed by atoms with E-state index < -0.39 is 0 Å². The van der Waals surface area contributed by atoms with Crippen LogP contribution in [0.25, 0.3) is 11.3 Å². The zero-order valence-corrected chi connectivity index (χ0v) is 19.1. The van der Waals surface area contributed by atoms with Gasteiger partial charge >= 0.3 is 0 Å². The van der Waals surface area contributed by atoms with E-state index in [4.69, 9.17) is 14.2 Å². The normalized spacial score (nSPS) is 12.2. The lowest BCUT2D eigenvalue weighted by Crippen LogP contribution is -2.32. The van der Waals surface area contributed by atoms with Crippen LogP contribution in [0.15, 0.2) is 47.8 Å². The Morgan fingerprint density at radius 3 is 2.67 bits per heavy atom. The Morgan fingerprint density at radius 2 is 1.88 bits per heavy atom. The molecule has 1 aliphatic heterocycles. The standard InChI is InChI=1S/C24H25N3O5S/c1-2-3-10-30-18-7-4-16(5-8-18)23(29)25-14-22(28)27-24-26-19(15-33-24)17-6-9-20-21(13-17)32-12-11-31-20/h4-9,13,15H,2-3,10-12,14H2,1H3,(H,25,29)(H,26,27,28). The highest BCUT2D eigenvalue weighted by Crippen LogP contribution is 2.35. The lowest BCUT2D eigenvalue weighted by molar-refractivity contribution is -0.115. The number of nitrogens with one attached hydrogen (secondary N) is 2. The molecule has 0 bridgehead atoms. The van der Waals surface area contributed by atoms with Gasteiger partial charge in [-0.3, -0.25) is 9.59 Å². The van der Waals surface area contributed by atoms with Gasteiger partial charge in [0.15, 0.2) is 16.6 Å². The molecule has 0 fully saturated rings. The fourth-order valence-corrected chi connectivity index (χ4v) is 3.87. The second kappa shape index (κ2) is 10.8. The quantitative estimate of drug-likeness (QED) is 0.459. The van der Waals surface area contributed by atoms with Crippen molar-refractivity contribution in [2.75, 3.05) is 31.7 Å². The van der Waals surface area contributed by atoms with Crippen molar-refractivity contribution in [2.45, 2.75) is 19.8 Å². The van der Waals surface area contributed by atoms with Crippen molar-refractivity contribution < 1.29 is 23.8 Å². The molecule has 2 N–H and O–H groups in total. The number of ether oxygens (including phenoxy) is 3. The van der Waals surface area contributed by atoms with Gasteiger partial charge in [-0.1, -0.05) is 13.3 Å². The van der Waals surface area contributed by atoms with Crippen molar-refractivity contribution in [3.05, 3.63) is 53.4 Å². The van der Waals surface area contributed by atoms with Crippen LogP contribution in [0.3, 0.4) is 0 Å². The predicted molar refractivity (Wildman–Crippen MR) is 126 cm³/mol. The number of hydrogen-bond donors (Lipinski definition) is 2. The second-order valence-electron chi connectivity index (χ2n) is 7.35. The molecule has 2 heterocycles. The molecule has 172 valence electrons. The fraction of sp³-hybridized carbons (Fsp3) is 0.292. The molecular weight excluding hydrogens is 442 g/mol. The summed E-state index contributed by atoms with van der Waals surface area (Å²) in [6.45, 7) is 3.63. The van der Waals surface area contributed by atoms with Crippen LogP contribution >= 0.6 is 11.3 Å². The van der Waals surface area contributed by atoms with Crippen LogP contribution in [-0.2, 0) is 4.79 Å². The monoisotopic (exact) mass is 467 g/mol. The highest BCUT2D eigenvalue weighted by molar-refractivity contribution is 7.14. The Bertz CT molecular complexity index is 1110. The van der Waals surface area contributed by atoms with Gasteiger partial charge in [-0.05, 0) is 48.9 Å². The number of carbonyl (C=O) groups excluding carboxylic acids is 2. The van der Waals surface area contributed by atoms with E-state index in [0.29, 0.717) is 42.0 Å². The van der Waals surface area contributed by atoms with Crippen molar-refractivity contribution >= 4 is 28.3 Å². The topological polar surface area (TPSA) is 98.8 Å². The summed E-state index contributed by atoms with van der Waals surface area (Å²) < 4.78 is 16.7. The number of anilines is 1. The summed E-state index contributed by atoms with van der Waals surface area (Å²) in [5.41, 5.74) is 2.05. The maximum Gasteiger partial charge on any atom is 0.251 e. The molecule has 0 radical (unpaired) electrons. The Morgan fingerprint density at radius 1 is 1.09 bits per heavy atom. The van der Waals surface area contributed by atoms with Gasteiger partial charge in [-0.25, -0.2) is 4.98 Å². The molecule has 33 heavy (non-hydrogen) atoms. The number of rotatable bonds is 9. The van der Waals surface area contributed by atoms with E-state index in [0.717, 1.165) is 29.8 Å². The summed E-state index contributed by atoms with van der Waals surface area (Å²) in [5, 5.41) is 7.64. The molecule has 9 heteroatoms. The van der Waals surface area contributed by atoms with Gasteiger partial charge in [-0.2, -0.15) is 0 Å². The number of amides is 2. The maximum absolute atomic E-state index is 12.3. The Labute approximate surface area is 195 Å². The van der Waals surface area contributed by atoms with Crippen molar-refractivity contribution in [1.29, 1.82) is 0 Å². The predicted octanol–water partition coefficient (Wildman–Crippen LogP) is 4.13. The molecule has 0 saturated carbocycles. The lowest BCUT2D eigenvalue weighted by Gasteiger charge is -2.18. The van der Waals surface area contributed by atoms with Gasteiger partial charge in [0.2, 0.25) is 5.91 Å². The van der Waals surface area contributed by atoms with Gasteiger partial charge in [0.1, 0.15) is 19.0 Å². The van der Waals surface area contributed by atoms with Crippen LogP contribution in [0.4, 0.5) is 5.13 Å². The minimum atomic E-state index is -0.356. The van der Waals surface area contributed by atoms with Crippen LogP contribution in [0, 0.1) is 0 Å². The highest BCUT2D eigenvalue weighted by atomic mass is 32.1. The first kappa shape index (κ1) is 22.6. The summed E-state index contributed by atoms with van der Waals surface area (Å²) >= 11 is 1.31. The van der Waals surface area contributed by atoms with Crippen molar-refractivity contribution in [3.8, 4) is 28.5 Å². The molecule has 0 aliphatic carbocycles. The SMILES string of the molecule is CCCCOc1ccc(C(=O)NCC(=O)Nc2nc(-c3ccc4c(c3)OCCO4)cs2)cc1. The Kier molecular flexibility index (Phi) is 7.41. The van der Waals surface area contributed by atoms with E-state index in [1.165, 1.54) is 11.3 Å². The second-order valence-corrected chi connectivity index (χ2v) is 8.21. The molecule has 0 spiro atoms. The number of unbranched alkanes of at least 4 members (excludes halogenated alkanes) is 1. The van der Waals surface area contributed by atoms with Crippen LogP contribution in [-0.4, -0.2) is 43.2 Å². The van der Waals surface area contributed by atoms with Gasteiger partial charge in [0, 0.05) is 16.5 Å². The maximum atomic E-state index is 12.3. The molecule has 1 aromatic heterocycles. The van der Waals surface area contributed by atoms with E-state index in [-0.39, 0.29) is 18.4 Å². The average molecular weight is 468 g/mol. The van der Waals surface area contributed by atoms with Crippen LogP contribution < -0.4 is 24.8 Å². The first-order valence-corrected chi connectivity index (χ1v) is 11.7. The number of aromatic nitrogens is 1. The minimum absolute atomic E-state index is 0.160. The van der Waals surface area contributed by atoms with Crippen LogP contribution in [0.5, 0.6) is 17.2 Å². The molecule has 1 aliphatic rings. The van der Waals surface area contributed by atoms with E-state index in [1.54, 1.807) is 24.3 Å². The minimum Gasteiger partial charge on any atom is -0.494 e. The van der Waals surface area contributed by atoms with Gasteiger partial charge in [-0.15, -0.1) is 11.3 Å². The van der Waals surface area contributed by atoms with E-state index >= 15 is 0 Å². The Hall–Kier alpha value is -3.59. The zero-order valence-electron chi connectivity index (χ0n) is 18.3. The summed E-state index contributed by atoms with van der Waals surface area (Å²) in [6.07, 6.45) is 2.04. The summed E-state index contributed by atoms with van der Waals surface area (Å²) in [4.78, 5) is 29.0. The third-order valence-electron chi connectivity index (χ3n) is 4.88. The average Bonchev–Trinajstić information content (AvgIpc) is 3.31. The highest BCUT2D eigenvalue weighted by Gasteiger charge is 2.15. The van der Waals surface area contributed by atoms with Crippen molar-refractivity contribution in [1.82, 2.24) is 10.3 Å². The zero-order chi connectivity index (χ0) is 23.0. The molecule has 0 saturated heterocycles. The first-order chi connectivity index (χ1) is 16.1. The van der Waals surface area contributed by atoms with E-state index in [1.807, 2.05) is 23.6 Å². The molecule has 2 aromatic carbocycles. The fourth-order valence-electron chi connectivity index (χ4n) is 3.13. The number of fused-ring (bicyclic) bond motifs is 1. The van der Waals surface area contributed by atoms with Gasteiger partial charge in [0.25, 0.3) is 5.91 Å². The van der Waals surface area contributed by atoms with Crippen molar-refractivity contribution in [2.24, 2.45) is 0 Å². The third kappa shape index (κ3) is 6.01. The number of benzene rings is 2. The summed E-state index contributed by atoms with van der Waals surface area (Å²) in [7, 11) is 0. The summed E-state index contributed by atoms with van der Waals surface area (Å²) in [6, 6.07) is 12.5. The first-order valence-electron chi connectivity index (χ1n) is 10.8. The smallest absolute Gasteiger partial charge is 0.251 e. The Balaban J connectivity index is 1.27. The molecular formula is C24H25N3O5S. The number of carbonyl (C=O) groups is 2. The largest absolute Gasteiger partial charge is 0.494 e. The number of thiazole rings is 1.